The van der Waals surface area contributed by atoms with E-state index in [2.05, 4.69) is 9.97 Å². The predicted molar refractivity (Wildman–Crippen MR) is 130 cm³/mol. The maximum atomic E-state index is 13.4. The number of rotatable bonds is 6. The number of carbonyl (C=O) groups is 1. The SMILES string of the molecule is NC(=O)CN1CC[C@H](Cn2ccc3c(N4CCOC[C@H]4c4cccc(C(F)(F)F)c4)ncnc32)[C@@H](O)C1. The van der Waals surface area contributed by atoms with Crippen LogP contribution in [0.4, 0.5) is 19.0 Å². The summed E-state index contributed by atoms with van der Waals surface area (Å²) >= 11 is 0. The molecule has 3 N–H and O–H groups in total. The third-order valence-corrected chi connectivity index (χ3v) is 7.15. The van der Waals surface area contributed by atoms with Crippen LogP contribution in [0.25, 0.3) is 11.0 Å². The van der Waals surface area contributed by atoms with Crippen LogP contribution in [0.2, 0.25) is 0 Å². The number of alkyl halides is 3. The van der Waals surface area contributed by atoms with Crippen LogP contribution in [0, 0.1) is 5.92 Å². The van der Waals surface area contributed by atoms with Crippen LogP contribution in [0.5, 0.6) is 0 Å². The fourth-order valence-corrected chi connectivity index (χ4v) is 5.30. The molecule has 0 unspecified atom stereocenters. The maximum absolute atomic E-state index is 13.4. The average Bonchev–Trinajstić information content (AvgIpc) is 3.28. The molecule has 3 atom stereocenters. The number of primary amides is 1. The summed E-state index contributed by atoms with van der Waals surface area (Å²) < 4.78 is 47.7. The monoisotopic (exact) mass is 518 g/mol. The van der Waals surface area contributed by atoms with Crippen molar-refractivity contribution in [2.75, 3.05) is 44.3 Å². The summed E-state index contributed by atoms with van der Waals surface area (Å²) in [5.74, 6) is 0.184. The summed E-state index contributed by atoms with van der Waals surface area (Å²) in [6, 6.07) is 6.79. The van der Waals surface area contributed by atoms with Gasteiger partial charge in [0, 0.05) is 31.7 Å². The van der Waals surface area contributed by atoms with Gasteiger partial charge in [-0.1, -0.05) is 12.1 Å². The van der Waals surface area contributed by atoms with Gasteiger partial charge >= 0.3 is 6.18 Å². The fraction of sp³-hybridized carbons (Fsp3) is 0.480. The normalized spacial score (nSPS) is 23.5. The van der Waals surface area contributed by atoms with Crippen molar-refractivity contribution >= 4 is 22.8 Å². The Morgan fingerprint density at radius 2 is 2.05 bits per heavy atom. The zero-order chi connectivity index (χ0) is 26.2. The quantitative estimate of drug-likeness (QED) is 0.515. The molecule has 2 saturated heterocycles. The highest BCUT2D eigenvalue weighted by Gasteiger charge is 2.34. The number of hydrogen-bond acceptors (Lipinski definition) is 7. The van der Waals surface area contributed by atoms with Gasteiger partial charge in [0.05, 0.1) is 42.9 Å². The van der Waals surface area contributed by atoms with Crippen molar-refractivity contribution in [2.24, 2.45) is 11.7 Å². The molecule has 2 aliphatic heterocycles. The van der Waals surface area contributed by atoms with Crippen LogP contribution >= 0.6 is 0 Å². The van der Waals surface area contributed by atoms with Gasteiger partial charge in [0.2, 0.25) is 5.91 Å². The minimum absolute atomic E-state index is 0.0283. The lowest BCUT2D eigenvalue weighted by molar-refractivity contribution is -0.137. The summed E-state index contributed by atoms with van der Waals surface area (Å²) in [7, 11) is 0. The van der Waals surface area contributed by atoms with Crippen molar-refractivity contribution in [2.45, 2.75) is 31.3 Å². The lowest BCUT2D eigenvalue weighted by Gasteiger charge is -2.37. The third kappa shape index (κ3) is 5.41. The number of hydrogen-bond donors (Lipinski definition) is 2. The maximum Gasteiger partial charge on any atom is 0.416 e. The van der Waals surface area contributed by atoms with E-state index in [-0.39, 0.29) is 19.1 Å². The molecular weight excluding hydrogens is 489 g/mol. The highest BCUT2D eigenvalue weighted by molar-refractivity contribution is 5.88. The van der Waals surface area contributed by atoms with Crippen molar-refractivity contribution in [3.05, 3.63) is 54.0 Å². The van der Waals surface area contributed by atoms with Gasteiger partial charge < -0.3 is 25.0 Å². The van der Waals surface area contributed by atoms with Gasteiger partial charge in [0.1, 0.15) is 17.8 Å². The molecule has 12 heteroatoms. The second-order valence-corrected chi connectivity index (χ2v) is 9.63. The number of amides is 1. The number of aliphatic hydroxyl groups excluding tert-OH is 1. The van der Waals surface area contributed by atoms with E-state index in [0.717, 1.165) is 11.5 Å². The van der Waals surface area contributed by atoms with Crippen molar-refractivity contribution in [1.29, 1.82) is 0 Å². The zero-order valence-corrected chi connectivity index (χ0v) is 20.1. The van der Waals surface area contributed by atoms with Crippen LogP contribution < -0.4 is 10.6 Å². The molecule has 2 aliphatic rings. The Balaban J connectivity index is 1.40. The molecule has 0 bridgehead atoms. The van der Waals surface area contributed by atoms with Gasteiger partial charge in [-0.3, -0.25) is 9.69 Å². The molecule has 3 aromatic rings. The Kier molecular flexibility index (Phi) is 7.06. The number of benzene rings is 1. The smallest absolute Gasteiger partial charge is 0.391 e. The van der Waals surface area contributed by atoms with Gasteiger partial charge in [-0.2, -0.15) is 13.2 Å². The number of nitrogens with zero attached hydrogens (tertiary/aromatic N) is 5. The summed E-state index contributed by atoms with van der Waals surface area (Å²) in [6.07, 6.45) is -0.996. The number of morpholine rings is 1. The molecule has 4 heterocycles. The molecule has 0 spiro atoms. The number of piperidine rings is 1. The van der Waals surface area contributed by atoms with E-state index >= 15 is 0 Å². The molecule has 2 aromatic heterocycles. The van der Waals surface area contributed by atoms with E-state index in [1.54, 1.807) is 6.07 Å². The highest BCUT2D eigenvalue weighted by Crippen LogP contribution is 2.36. The first kappa shape index (κ1) is 25.4. The van der Waals surface area contributed by atoms with Crippen LogP contribution in [-0.4, -0.2) is 75.9 Å². The molecule has 1 amide bonds. The minimum Gasteiger partial charge on any atom is -0.391 e. The number of anilines is 1. The summed E-state index contributed by atoms with van der Waals surface area (Å²) in [5.41, 5.74) is 5.77. The molecule has 0 saturated carbocycles. The highest BCUT2D eigenvalue weighted by atomic mass is 19.4. The summed E-state index contributed by atoms with van der Waals surface area (Å²) in [4.78, 5) is 24.0. The second-order valence-electron chi connectivity index (χ2n) is 9.63. The molecule has 198 valence electrons. The molecule has 0 radical (unpaired) electrons. The number of β-amino-alcohol motifs (C(OH)–C–C–N with tert-alkyl or cyclic N) is 1. The van der Waals surface area contributed by atoms with Crippen LogP contribution in [0.3, 0.4) is 0 Å². The van der Waals surface area contributed by atoms with Crippen molar-refractivity contribution < 1.29 is 27.8 Å². The van der Waals surface area contributed by atoms with Gasteiger partial charge in [-0.15, -0.1) is 0 Å². The van der Waals surface area contributed by atoms with E-state index in [4.69, 9.17) is 10.5 Å². The minimum atomic E-state index is -4.43. The van der Waals surface area contributed by atoms with E-state index < -0.39 is 29.8 Å². The van der Waals surface area contributed by atoms with Gasteiger partial charge in [0.15, 0.2) is 0 Å². The average molecular weight is 519 g/mol. The lowest BCUT2D eigenvalue weighted by atomic mass is 9.93. The standard InChI is InChI=1S/C25H29F3N6O3/c26-25(27,28)18-3-1-2-16(10-18)20-14-37-9-8-34(20)24-19-5-7-33(23(19)30-15-31-24)11-17-4-6-32(12-21(17)35)13-22(29)36/h1-3,5,7,10,15,17,20-21,35H,4,6,8-9,11-14H2,(H2,29,36)/t17-,20+,21+/m1/s1. The Labute approximate surface area is 211 Å². The van der Waals surface area contributed by atoms with Crippen LogP contribution in [0.1, 0.15) is 23.6 Å². The number of halogens is 3. The molecule has 5 rings (SSSR count). The predicted octanol–water partition coefficient (Wildman–Crippen LogP) is 2.20. The van der Waals surface area contributed by atoms with Crippen molar-refractivity contribution in [1.82, 2.24) is 19.4 Å². The molecule has 0 aliphatic carbocycles. The van der Waals surface area contributed by atoms with Crippen molar-refractivity contribution in [3.8, 4) is 0 Å². The molecule has 9 nitrogen and oxygen atoms in total. The van der Waals surface area contributed by atoms with Gasteiger partial charge in [0.25, 0.3) is 0 Å². The number of aromatic nitrogens is 3. The Hall–Kier alpha value is -3.22. The van der Waals surface area contributed by atoms with Crippen molar-refractivity contribution in [3.63, 3.8) is 0 Å². The number of nitrogens with two attached hydrogens (primary N) is 1. The lowest BCUT2D eigenvalue weighted by Crippen LogP contribution is -2.47. The molecule has 1 aromatic carbocycles. The first-order valence-corrected chi connectivity index (χ1v) is 12.2. The first-order valence-electron chi connectivity index (χ1n) is 12.2. The van der Waals surface area contributed by atoms with E-state index in [1.165, 1.54) is 18.5 Å². The number of carbonyl (C=O) groups excluding carboxylic acids is 1. The van der Waals surface area contributed by atoms with Crippen LogP contribution in [-0.2, 0) is 22.3 Å². The third-order valence-electron chi connectivity index (χ3n) is 7.15. The second kappa shape index (κ2) is 10.3. The zero-order valence-electron chi connectivity index (χ0n) is 20.1. The Morgan fingerprint density at radius 3 is 2.81 bits per heavy atom. The van der Waals surface area contributed by atoms with Gasteiger partial charge in [-0.25, -0.2) is 9.97 Å². The first-order chi connectivity index (χ1) is 17.7. The molecule has 37 heavy (non-hydrogen) atoms. The number of likely N-dealkylation sites (tertiary alicyclic amines) is 1. The van der Waals surface area contributed by atoms with E-state index in [0.29, 0.717) is 56.2 Å². The summed E-state index contributed by atoms with van der Waals surface area (Å²) in [5, 5.41) is 11.5. The van der Waals surface area contributed by atoms with Gasteiger partial charge in [-0.05, 0) is 36.7 Å². The Morgan fingerprint density at radius 1 is 1.22 bits per heavy atom. The molecule has 2 fully saturated rings. The number of ether oxygens (including phenoxy) is 1. The largest absolute Gasteiger partial charge is 0.416 e. The number of aliphatic hydroxyl groups is 1. The van der Waals surface area contributed by atoms with E-state index in [1.807, 2.05) is 26.6 Å². The van der Waals surface area contributed by atoms with E-state index in [9.17, 15) is 23.1 Å². The summed E-state index contributed by atoms with van der Waals surface area (Å²) in [6.45, 7) is 2.83. The fourth-order valence-electron chi connectivity index (χ4n) is 5.30. The Bertz CT molecular complexity index is 1270. The molecular formula is C25H29F3N6O3. The van der Waals surface area contributed by atoms with Crippen LogP contribution in [0.15, 0.2) is 42.9 Å². The number of fused-ring (bicyclic) bond motifs is 1. The topological polar surface area (TPSA) is 110 Å².